The quantitative estimate of drug-likeness (QED) is 0.186. The highest BCUT2D eigenvalue weighted by molar-refractivity contribution is 6.04. The average molecular weight is 653 g/mol. The SMILES string of the molecule is CC1(C)c2cc(C#N)ccc2-c2ccc(-c3ccc(-c4ccc(-c5nc(-c6ccccc6)nc(-c6ccccc6)n5)c5ccccc45)cc3)cc21. The summed E-state index contributed by atoms with van der Waals surface area (Å²) in [5.41, 5.74) is 13.0. The van der Waals surface area contributed by atoms with E-state index < -0.39 is 0 Å². The first kappa shape index (κ1) is 30.4. The molecule has 0 spiro atoms. The lowest BCUT2D eigenvalue weighted by molar-refractivity contribution is 0.660. The van der Waals surface area contributed by atoms with E-state index in [1.165, 1.54) is 33.4 Å². The maximum Gasteiger partial charge on any atom is 0.164 e. The van der Waals surface area contributed by atoms with Crippen LogP contribution in [0.1, 0.15) is 30.5 Å². The van der Waals surface area contributed by atoms with Crippen molar-refractivity contribution in [3.8, 4) is 73.6 Å². The van der Waals surface area contributed by atoms with Gasteiger partial charge >= 0.3 is 0 Å². The Morgan fingerprint density at radius 2 is 0.882 bits per heavy atom. The molecule has 4 heteroatoms. The van der Waals surface area contributed by atoms with Crippen LogP contribution in [0, 0.1) is 11.3 Å². The normalized spacial score (nSPS) is 12.6. The third-order valence-electron chi connectivity index (χ3n) is 10.2. The van der Waals surface area contributed by atoms with Crippen molar-refractivity contribution in [2.75, 3.05) is 0 Å². The summed E-state index contributed by atoms with van der Waals surface area (Å²) in [6, 6.07) is 57.0. The summed E-state index contributed by atoms with van der Waals surface area (Å²) in [5, 5.41) is 11.7. The number of hydrogen-bond donors (Lipinski definition) is 0. The second-order valence-corrected chi connectivity index (χ2v) is 13.6. The molecule has 0 radical (unpaired) electrons. The maximum absolute atomic E-state index is 9.52. The first-order valence-corrected chi connectivity index (χ1v) is 17.2. The van der Waals surface area contributed by atoms with Crippen LogP contribution in [-0.2, 0) is 5.41 Å². The van der Waals surface area contributed by atoms with Crippen LogP contribution in [0.25, 0.3) is 78.3 Å². The Labute approximate surface area is 297 Å². The van der Waals surface area contributed by atoms with E-state index in [0.717, 1.165) is 38.6 Å². The van der Waals surface area contributed by atoms with Crippen LogP contribution in [0.4, 0.5) is 0 Å². The lowest BCUT2D eigenvalue weighted by atomic mass is 9.81. The van der Waals surface area contributed by atoms with Gasteiger partial charge in [0.1, 0.15) is 0 Å². The van der Waals surface area contributed by atoms with Gasteiger partial charge in [-0.15, -0.1) is 0 Å². The Morgan fingerprint density at radius 3 is 1.51 bits per heavy atom. The molecule has 0 aliphatic heterocycles. The zero-order valence-electron chi connectivity index (χ0n) is 28.3. The number of fused-ring (bicyclic) bond motifs is 4. The van der Waals surface area contributed by atoms with Gasteiger partial charge in [-0.25, -0.2) is 15.0 Å². The monoisotopic (exact) mass is 652 g/mol. The Hall–Kier alpha value is -6.70. The molecule has 0 fully saturated rings. The minimum atomic E-state index is -0.184. The van der Waals surface area contributed by atoms with Crippen molar-refractivity contribution in [2.24, 2.45) is 0 Å². The first-order chi connectivity index (χ1) is 25.0. The second kappa shape index (κ2) is 12.0. The largest absolute Gasteiger partial charge is 0.208 e. The summed E-state index contributed by atoms with van der Waals surface area (Å²) in [7, 11) is 0. The Kier molecular flexibility index (Phi) is 7.15. The molecular formula is C47H32N4. The van der Waals surface area contributed by atoms with Crippen LogP contribution in [0.2, 0.25) is 0 Å². The lowest BCUT2D eigenvalue weighted by Crippen LogP contribution is -2.15. The summed E-state index contributed by atoms with van der Waals surface area (Å²) < 4.78 is 0. The van der Waals surface area contributed by atoms with E-state index in [9.17, 15) is 5.26 Å². The molecule has 0 N–H and O–H groups in total. The molecule has 240 valence electrons. The highest BCUT2D eigenvalue weighted by Crippen LogP contribution is 2.50. The van der Waals surface area contributed by atoms with Crippen LogP contribution in [-0.4, -0.2) is 15.0 Å². The van der Waals surface area contributed by atoms with Crippen LogP contribution in [0.15, 0.2) is 158 Å². The van der Waals surface area contributed by atoms with Crippen molar-refractivity contribution in [3.63, 3.8) is 0 Å². The molecule has 8 aromatic rings. The number of hydrogen-bond acceptors (Lipinski definition) is 4. The molecular weight excluding hydrogens is 621 g/mol. The highest BCUT2D eigenvalue weighted by atomic mass is 15.0. The molecule has 1 aliphatic rings. The van der Waals surface area contributed by atoms with Gasteiger partial charge in [0.15, 0.2) is 17.5 Å². The van der Waals surface area contributed by atoms with Crippen molar-refractivity contribution < 1.29 is 0 Å². The van der Waals surface area contributed by atoms with Gasteiger partial charge < -0.3 is 0 Å². The molecule has 4 nitrogen and oxygen atoms in total. The van der Waals surface area contributed by atoms with E-state index in [1.54, 1.807) is 0 Å². The minimum Gasteiger partial charge on any atom is -0.208 e. The van der Waals surface area contributed by atoms with E-state index in [2.05, 4.69) is 105 Å². The minimum absolute atomic E-state index is 0.184. The van der Waals surface area contributed by atoms with Crippen LogP contribution < -0.4 is 0 Å². The fourth-order valence-electron chi connectivity index (χ4n) is 7.50. The second-order valence-electron chi connectivity index (χ2n) is 13.6. The van der Waals surface area contributed by atoms with Crippen LogP contribution in [0.5, 0.6) is 0 Å². The van der Waals surface area contributed by atoms with Crippen LogP contribution in [0.3, 0.4) is 0 Å². The molecule has 1 aromatic heterocycles. The zero-order valence-corrected chi connectivity index (χ0v) is 28.3. The van der Waals surface area contributed by atoms with Crippen molar-refractivity contribution in [1.29, 1.82) is 5.26 Å². The lowest BCUT2D eigenvalue weighted by Gasteiger charge is -2.22. The van der Waals surface area contributed by atoms with Gasteiger partial charge in [0.2, 0.25) is 0 Å². The van der Waals surface area contributed by atoms with Gasteiger partial charge in [-0.3, -0.25) is 0 Å². The van der Waals surface area contributed by atoms with Gasteiger partial charge in [-0.05, 0) is 79.5 Å². The van der Waals surface area contributed by atoms with E-state index in [0.29, 0.717) is 23.0 Å². The molecule has 0 atom stereocenters. The van der Waals surface area contributed by atoms with Gasteiger partial charge in [-0.1, -0.05) is 147 Å². The van der Waals surface area contributed by atoms with Crippen molar-refractivity contribution in [1.82, 2.24) is 15.0 Å². The Balaban J connectivity index is 1.10. The third kappa shape index (κ3) is 5.19. The van der Waals surface area contributed by atoms with Crippen molar-refractivity contribution in [3.05, 3.63) is 174 Å². The summed E-state index contributed by atoms with van der Waals surface area (Å²) in [5.74, 6) is 1.94. The first-order valence-electron chi connectivity index (χ1n) is 17.2. The fourth-order valence-corrected chi connectivity index (χ4v) is 7.50. The topological polar surface area (TPSA) is 62.5 Å². The number of rotatable bonds is 5. The number of nitrogens with zero attached hydrogens (tertiary/aromatic N) is 4. The number of benzene rings is 7. The van der Waals surface area contributed by atoms with Crippen molar-refractivity contribution >= 4 is 10.8 Å². The Bertz CT molecular complexity index is 2600. The molecule has 0 saturated carbocycles. The molecule has 51 heavy (non-hydrogen) atoms. The highest BCUT2D eigenvalue weighted by Gasteiger charge is 2.35. The average Bonchev–Trinajstić information content (AvgIpc) is 3.42. The van der Waals surface area contributed by atoms with E-state index in [4.69, 9.17) is 15.0 Å². The predicted octanol–water partition coefficient (Wildman–Crippen LogP) is 11.5. The summed E-state index contributed by atoms with van der Waals surface area (Å²) in [6.07, 6.45) is 0. The molecule has 0 amide bonds. The number of aromatic nitrogens is 3. The third-order valence-corrected chi connectivity index (χ3v) is 10.2. The van der Waals surface area contributed by atoms with Gasteiger partial charge in [0.25, 0.3) is 0 Å². The summed E-state index contributed by atoms with van der Waals surface area (Å²) in [6.45, 7) is 4.50. The molecule has 1 aliphatic carbocycles. The molecule has 0 bridgehead atoms. The maximum atomic E-state index is 9.52. The molecule has 7 aromatic carbocycles. The summed E-state index contributed by atoms with van der Waals surface area (Å²) >= 11 is 0. The molecule has 0 unspecified atom stereocenters. The molecule has 1 heterocycles. The van der Waals surface area contributed by atoms with E-state index in [1.807, 2.05) is 72.8 Å². The fraction of sp³-hybridized carbons (Fsp3) is 0.0638. The predicted molar refractivity (Wildman–Crippen MR) is 207 cm³/mol. The van der Waals surface area contributed by atoms with Gasteiger partial charge in [-0.2, -0.15) is 5.26 Å². The van der Waals surface area contributed by atoms with Crippen LogP contribution >= 0.6 is 0 Å². The smallest absolute Gasteiger partial charge is 0.164 e. The van der Waals surface area contributed by atoms with E-state index >= 15 is 0 Å². The number of nitriles is 1. The summed E-state index contributed by atoms with van der Waals surface area (Å²) in [4.78, 5) is 14.9. The van der Waals surface area contributed by atoms with E-state index in [-0.39, 0.29) is 5.41 Å². The standard InChI is InChI=1S/C47H32N4/c1-47(2)42-27-30(29-48)17-23-39(42)40-24-22-35(28-43(40)47)31-18-20-32(21-19-31)36-25-26-41(38-16-10-9-15-37(36)38)46-50-44(33-11-5-3-6-12-33)49-45(51-46)34-13-7-4-8-14-34/h3-28H,1-2H3. The van der Waals surface area contributed by atoms with Crippen molar-refractivity contribution in [2.45, 2.75) is 19.3 Å². The van der Waals surface area contributed by atoms with Gasteiger partial charge in [0.05, 0.1) is 11.6 Å². The molecule has 9 rings (SSSR count). The Morgan fingerprint density at radius 1 is 0.412 bits per heavy atom. The van der Waals surface area contributed by atoms with Gasteiger partial charge in [0, 0.05) is 22.1 Å². The molecule has 0 saturated heterocycles. The zero-order chi connectivity index (χ0) is 34.5.